The van der Waals surface area contributed by atoms with E-state index in [1.54, 1.807) is 17.9 Å². The van der Waals surface area contributed by atoms with E-state index in [0.29, 0.717) is 5.56 Å². The molecular formula is C19H21N5O3S. The Morgan fingerprint density at radius 2 is 1.82 bits per heavy atom. The van der Waals surface area contributed by atoms with Crippen molar-refractivity contribution in [3.05, 3.63) is 66.0 Å². The summed E-state index contributed by atoms with van der Waals surface area (Å²) in [6.07, 6.45) is 1.70. The summed E-state index contributed by atoms with van der Waals surface area (Å²) in [6, 6.07) is 13.3. The summed E-state index contributed by atoms with van der Waals surface area (Å²) in [5.41, 5.74) is 2.68. The third-order valence-corrected chi connectivity index (χ3v) is 6.06. The third-order valence-electron chi connectivity index (χ3n) is 4.23. The van der Waals surface area contributed by atoms with Gasteiger partial charge in [0.05, 0.1) is 22.8 Å². The number of sulfonamides is 1. The Kier molecular flexibility index (Phi) is 5.57. The molecule has 0 fully saturated rings. The Hall–Kier alpha value is -3.04. The number of nitrogens with zero attached hydrogens (tertiary/aromatic N) is 4. The molecule has 0 unspecified atom stereocenters. The molecule has 8 nitrogen and oxygen atoms in total. The van der Waals surface area contributed by atoms with Crippen molar-refractivity contribution in [2.45, 2.75) is 11.4 Å². The van der Waals surface area contributed by atoms with E-state index in [0.717, 1.165) is 21.4 Å². The number of aromatic nitrogens is 3. The van der Waals surface area contributed by atoms with Crippen molar-refractivity contribution in [2.24, 2.45) is 7.05 Å². The highest BCUT2D eigenvalue weighted by Gasteiger charge is 2.17. The average Bonchev–Trinajstić information content (AvgIpc) is 3.07. The van der Waals surface area contributed by atoms with E-state index >= 15 is 0 Å². The van der Waals surface area contributed by atoms with E-state index in [1.807, 2.05) is 24.3 Å². The molecule has 0 bridgehead atoms. The zero-order valence-corrected chi connectivity index (χ0v) is 16.6. The molecule has 3 rings (SSSR count). The van der Waals surface area contributed by atoms with Crippen LogP contribution < -0.4 is 5.32 Å². The van der Waals surface area contributed by atoms with Gasteiger partial charge in [0, 0.05) is 32.9 Å². The summed E-state index contributed by atoms with van der Waals surface area (Å²) >= 11 is 0. The van der Waals surface area contributed by atoms with Crippen LogP contribution in [0.15, 0.2) is 59.6 Å². The van der Waals surface area contributed by atoms with E-state index in [4.69, 9.17) is 0 Å². The summed E-state index contributed by atoms with van der Waals surface area (Å²) in [5.74, 6) is -0.297. The fourth-order valence-corrected chi connectivity index (χ4v) is 3.47. The molecule has 28 heavy (non-hydrogen) atoms. The van der Waals surface area contributed by atoms with E-state index in [1.165, 1.54) is 38.4 Å². The molecule has 1 N–H and O–H groups in total. The molecule has 1 aromatic carbocycles. The smallest absolute Gasteiger partial charge is 0.251 e. The van der Waals surface area contributed by atoms with Crippen molar-refractivity contribution < 1.29 is 13.2 Å². The fraction of sp³-hybridized carbons (Fsp3) is 0.211. The second-order valence-electron chi connectivity index (χ2n) is 6.35. The zero-order valence-electron chi connectivity index (χ0n) is 15.8. The van der Waals surface area contributed by atoms with Gasteiger partial charge in [-0.2, -0.15) is 5.10 Å². The monoisotopic (exact) mass is 399 g/mol. The predicted molar refractivity (Wildman–Crippen MR) is 105 cm³/mol. The highest BCUT2D eigenvalue weighted by Crippen LogP contribution is 2.16. The van der Waals surface area contributed by atoms with Crippen LogP contribution in [0.1, 0.15) is 16.1 Å². The number of hydrogen-bond acceptors (Lipinski definition) is 5. The molecule has 1 amide bonds. The van der Waals surface area contributed by atoms with Gasteiger partial charge in [-0.25, -0.2) is 12.7 Å². The van der Waals surface area contributed by atoms with Gasteiger partial charge in [0.1, 0.15) is 5.69 Å². The number of carbonyl (C=O) groups is 1. The second-order valence-corrected chi connectivity index (χ2v) is 8.51. The van der Waals surface area contributed by atoms with Crippen molar-refractivity contribution in [3.8, 4) is 11.4 Å². The molecule has 0 saturated carbocycles. The first kappa shape index (κ1) is 19.7. The Morgan fingerprint density at radius 3 is 2.43 bits per heavy atom. The molecule has 9 heteroatoms. The average molecular weight is 399 g/mol. The predicted octanol–water partition coefficient (Wildman–Crippen LogP) is 1.66. The summed E-state index contributed by atoms with van der Waals surface area (Å²) in [6.45, 7) is 0.285. The number of benzene rings is 1. The topological polar surface area (TPSA) is 97.2 Å². The van der Waals surface area contributed by atoms with Gasteiger partial charge in [-0.3, -0.25) is 14.5 Å². The van der Waals surface area contributed by atoms with Crippen molar-refractivity contribution in [1.82, 2.24) is 24.4 Å². The van der Waals surface area contributed by atoms with Crippen molar-refractivity contribution >= 4 is 15.9 Å². The quantitative estimate of drug-likeness (QED) is 0.680. The largest absolute Gasteiger partial charge is 0.346 e. The van der Waals surface area contributed by atoms with E-state index < -0.39 is 10.0 Å². The molecular weight excluding hydrogens is 378 g/mol. The summed E-state index contributed by atoms with van der Waals surface area (Å²) < 4.78 is 27.0. The molecule has 2 heterocycles. The zero-order chi connectivity index (χ0) is 20.3. The second kappa shape index (κ2) is 7.91. The molecule has 3 aromatic rings. The molecule has 0 radical (unpaired) electrons. The van der Waals surface area contributed by atoms with Gasteiger partial charge in [0.25, 0.3) is 5.91 Å². The van der Waals surface area contributed by atoms with E-state index in [-0.39, 0.29) is 17.3 Å². The molecule has 0 saturated heterocycles. The lowest BCUT2D eigenvalue weighted by Gasteiger charge is -2.11. The normalized spacial score (nSPS) is 11.6. The van der Waals surface area contributed by atoms with Gasteiger partial charge in [-0.1, -0.05) is 6.07 Å². The lowest BCUT2D eigenvalue weighted by atomic mass is 10.2. The highest BCUT2D eigenvalue weighted by atomic mass is 32.2. The molecule has 0 aliphatic carbocycles. The van der Waals surface area contributed by atoms with Crippen molar-refractivity contribution in [2.75, 3.05) is 14.1 Å². The lowest BCUT2D eigenvalue weighted by molar-refractivity contribution is 0.0950. The van der Waals surface area contributed by atoms with Crippen LogP contribution in [0.3, 0.4) is 0 Å². The first-order chi connectivity index (χ1) is 13.3. The number of amides is 1. The van der Waals surface area contributed by atoms with Crippen LogP contribution in [-0.4, -0.2) is 47.5 Å². The van der Waals surface area contributed by atoms with Crippen LogP contribution in [0.25, 0.3) is 11.4 Å². The Bertz CT molecular complexity index is 1070. The fourth-order valence-electron chi connectivity index (χ4n) is 2.57. The van der Waals surface area contributed by atoms with Crippen LogP contribution in [0, 0.1) is 0 Å². The van der Waals surface area contributed by atoms with Gasteiger partial charge in [-0.05, 0) is 42.5 Å². The van der Waals surface area contributed by atoms with Crippen molar-refractivity contribution in [3.63, 3.8) is 0 Å². The number of rotatable bonds is 6. The third kappa shape index (κ3) is 4.10. The van der Waals surface area contributed by atoms with Crippen LogP contribution in [0.4, 0.5) is 0 Å². The molecule has 0 aliphatic rings. The van der Waals surface area contributed by atoms with E-state index in [2.05, 4.69) is 15.4 Å². The summed E-state index contributed by atoms with van der Waals surface area (Å²) in [5, 5.41) is 7.24. The Morgan fingerprint density at radius 1 is 1.11 bits per heavy atom. The maximum absolute atomic E-state index is 12.4. The molecule has 0 spiro atoms. The van der Waals surface area contributed by atoms with Gasteiger partial charge in [0.15, 0.2) is 0 Å². The van der Waals surface area contributed by atoms with Crippen LogP contribution >= 0.6 is 0 Å². The van der Waals surface area contributed by atoms with Crippen LogP contribution in [-0.2, 0) is 23.6 Å². The summed E-state index contributed by atoms with van der Waals surface area (Å²) in [4.78, 5) is 16.8. The van der Waals surface area contributed by atoms with E-state index in [9.17, 15) is 13.2 Å². The molecule has 2 aromatic heterocycles. The van der Waals surface area contributed by atoms with Crippen LogP contribution in [0.5, 0.6) is 0 Å². The standard InChI is InChI=1S/C19H21N5O3S/c1-23(2)28(26,27)16-9-7-14(8-10-16)19(25)21-13-15-12-18(22-24(15)3)17-6-4-5-11-20-17/h4-12H,13H2,1-3H3,(H,21,25). The van der Waals surface area contributed by atoms with Crippen LogP contribution in [0.2, 0.25) is 0 Å². The first-order valence-electron chi connectivity index (χ1n) is 8.54. The number of hydrogen-bond donors (Lipinski definition) is 1. The SMILES string of the molecule is CN(C)S(=O)(=O)c1ccc(C(=O)NCc2cc(-c3ccccn3)nn2C)cc1. The highest BCUT2D eigenvalue weighted by molar-refractivity contribution is 7.89. The minimum Gasteiger partial charge on any atom is -0.346 e. The number of nitrogens with one attached hydrogen (secondary N) is 1. The van der Waals surface area contributed by atoms with Gasteiger partial charge in [-0.15, -0.1) is 0 Å². The van der Waals surface area contributed by atoms with Gasteiger partial charge in [0.2, 0.25) is 10.0 Å². The molecule has 146 valence electrons. The Balaban J connectivity index is 1.69. The maximum Gasteiger partial charge on any atom is 0.251 e. The van der Waals surface area contributed by atoms with Gasteiger partial charge >= 0.3 is 0 Å². The van der Waals surface area contributed by atoms with Crippen molar-refractivity contribution in [1.29, 1.82) is 0 Å². The summed E-state index contributed by atoms with van der Waals surface area (Å²) in [7, 11) is 1.20. The Labute approximate surface area is 163 Å². The lowest BCUT2D eigenvalue weighted by Crippen LogP contribution is -2.25. The molecule has 0 atom stereocenters. The number of carbonyl (C=O) groups excluding carboxylic acids is 1. The van der Waals surface area contributed by atoms with Gasteiger partial charge < -0.3 is 5.32 Å². The first-order valence-corrected chi connectivity index (χ1v) is 9.98. The molecule has 0 aliphatic heterocycles. The number of pyridine rings is 1. The minimum atomic E-state index is -3.52. The minimum absolute atomic E-state index is 0.140. The number of aryl methyl sites for hydroxylation is 1. The maximum atomic E-state index is 12.4.